The van der Waals surface area contributed by atoms with Gasteiger partial charge in [-0.1, -0.05) is 6.07 Å². The number of carbonyl (C=O) groups excluding carboxylic acids is 2. The van der Waals surface area contributed by atoms with Gasteiger partial charge in [0.25, 0.3) is 0 Å². The van der Waals surface area contributed by atoms with Gasteiger partial charge < -0.3 is 15.1 Å². The highest BCUT2D eigenvalue weighted by molar-refractivity contribution is 7.89. The Hall–Kier alpha value is -4.88. The SMILES string of the molecule is Cn1nc(N2CCC(=O)NC2=O)c2ccc(C3CCN(CC4CCN(c5cc(S(=O)(=O)N6CCC(Nc7ncc(C(F)(F)F)cn7)CC6)ccc5F)CC4)CC3)cc21. The molecule has 0 unspecified atom stereocenters. The van der Waals surface area contributed by atoms with Crippen LogP contribution in [0.5, 0.6) is 0 Å². The van der Waals surface area contributed by atoms with Crippen LogP contribution in [0.1, 0.15) is 62.0 Å². The van der Waals surface area contributed by atoms with Crippen molar-refractivity contribution in [1.29, 1.82) is 0 Å². The van der Waals surface area contributed by atoms with E-state index in [1.807, 2.05) is 18.0 Å². The highest BCUT2D eigenvalue weighted by atomic mass is 32.2. The van der Waals surface area contributed by atoms with Gasteiger partial charge in [0.05, 0.1) is 21.7 Å². The summed E-state index contributed by atoms with van der Waals surface area (Å²) in [5.74, 6) is 0.692. The van der Waals surface area contributed by atoms with Gasteiger partial charge >= 0.3 is 12.2 Å². The average Bonchev–Trinajstić information content (AvgIpc) is 3.53. The third-order valence-electron chi connectivity index (χ3n) is 12.0. The minimum atomic E-state index is -4.54. The fourth-order valence-corrected chi connectivity index (χ4v) is 10.2. The molecule has 0 bridgehead atoms. The van der Waals surface area contributed by atoms with E-state index in [1.165, 1.54) is 33.0 Å². The van der Waals surface area contributed by atoms with E-state index in [9.17, 15) is 31.2 Å². The average molecular weight is 827 g/mol. The fourth-order valence-electron chi connectivity index (χ4n) is 8.66. The Balaban J connectivity index is 0.814. The van der Waals surface area contributed by atoms with Crippen LogP contribution in [-0.2, 0) is 28.0 Å². The molecule has 0 saturated carbocycles. The number of halogens is 4. The first-order chi connectivity index (χ1) is 27.7. The van der Waals surface area contributed by atoms with Crippen LogP contribution in [0.4, 0.5) is 39.8 Å². The van der Waals surface area contributed by atoms with Crippen molar-refractivity contribution in [2.45, 2.75) is 68.0 Å². The molecule has 19 heteroatoms. The lowest BCUT2D eigenvalue weighted by Crippen LogP contribution is -2.49. The van der Waals surface area contributed by atoms with E-state index in [-0.39, 0.29) is 48.0 Å². The van der Waals surface area contributed by atoms with Crippen LogP contribution in [0, 0.1) is 11.7 Å². The molecule has 4 aromatic rings. The number of carbonyl (C=O) groups is 2. The fraction of sp³-hybridized carbons (Fsp3) is 0.513. The molecule has 0 aliphatic carbocycles. The number of amides is 3. The number of nitrogens with zero attached hydrogens (tertiary/aromatic N) is 8. The van der Waals surface area contributed by atoms with Crippen molar-refractivity contribution >= 4 is 50.3 Å². The van der Waals surface area contributed by atoms with E-state index in [0.29, 0.717) is 62.5 Å². The molecule has 2 aromatic carbocycles. The molecule has 0 radical (unpaired) electrons. The maximum Gasteiger partial charge on any atom is 0.419 e. The number of imide groups is 1. The van der Waals surface area contributed by atoms with Crippen molar-refractivity contribution in [3.63, 3.8) is 0 Å². The van der Waals surface area contributed by atoms with E-state index in [2.05, 4.69) is 42.7 Å². The van der Waals surface area contributed by atoms with Crippen molar-refractivity contribution in [3.05, 3.63) is 65.7 Å². The number of aryl methyl sites for hydroxylation is 1. The number of piperidine rings is 3. The molecule has 310 valence electrons. The summed E-state index contributed by atoms with van der Waals surface area (Å²) in [5, 5.41) is 10.9. The van der Waals surface area contributed by atoms with Crippen molar-refractivity contribution in [1.82, 2.24) is 34.3 Å². The van der Waals surface area contributed by atoms with Gasteiger partial charge in [0.15, 0.2) is 5.82 Å². The summed E-state index contributed by atoms with van der Waals surface area (Å²) < 4.78 is 84.3. The van der Waals surface area contributed by atoms with E-state index in [1.54, 1.807) is 4.68 Å². The van der Waals surface area contributed by atoms with Crippen LogP contribution >= 0.6 is 0 Å². The molecular weight excluding hydrogens is 781 g/mol. The predicted molar refractivity (Wildman–Crippen MR) is 208 cm³/mol. The number of anilines is 3. The van der Waals surface area contributed by atoms with Crippen LogP contribution in [0.2, 0.25) is 0 Å². The zero-order valence-corrected chi connectivity index (χ0v) is 32.9. The summed E-state index contributed by atoms with van der Waals surface area (Å²) in [5.41, 5.74) is 1.52. The van der Waals surface area contributed by atoms with Gasteiger partial charge in [-0.05, 0) is 99.3 Å². The smallest absolute Gasteiger partial charge is 0.369 e. The number of benzene rings is 2. The van der Waals surface area contributed by atoms with Gasteiger partial charge in [-0.3, -0.25) is 19.7 Å². The number of rotatable bonds is 9. The second-order valence-corrected chi connectivity index (χ2v) is 17.7. The van der Waals surface area contributed by atoms with Gasteiger partial charge in [0, 0.05) is 76.6 Å². The third kappa shape index (κ3) is 8.34. The summed E-state index contributed by atoms with van der Waals surface area (Å²) in [6, 6.07) is 9.61. The second kappa shape index (κ2) is 16.1. The Morgan fingerprint density at radius 1 is 0.879 bits per heavy atom. The van der Waals surface area contributed by atoms with Gasteiger partial charge in [-0.2, -0.15) is 22.6 Å². The van der Waals surface area contributed by atoms with E-state index in [4.69, 9.17) is 0 Å². The second-order valence-electron chi connectivity index (χ2n) is 15.7. The first-order valence-electron chi connectivity index (χ1n) is 19.7. The summed E-state index contributed by atoms with van der Waals surface area (Å²) >= 11 is 0. The van der Waals surface area contributed by atoms with Crippen LogP contribution in [0.3, 0.4) is 0 Å². The Morgan fingerprint density at radius 3 is 2.26 bits per heavy atom. The molecule has 2 aromatic heterocycles. The zero-order valence-electron chi connectivity index (χ0n) is 32.1. The van der Waals surface area contributed by atoms with Gasteiger partial charge in [-0.25, -0.2) is 27.6 Å². The number of alkyl halides is 3. The number of hydrogen-bond donors (Lipinski definition) is 2. The Kier molecular flexibility index (Phi) is 11.0. The van der Waals surface area contributed by atoms with Crippen LogP contribution in [-0.4, -0.2) is 108 Å². The molecule has 4 saturated heterocycles. The third-order valence-corrected chi connectivity index (χ3v) is 13.9. The van der Waals surface area contributed by atoms with E-state index >= 15 is 4.39 Å². The molecule has 0 atom stereocenters. The molecule has 4 aliphatic heterocycles. The highest BCUT2D eigenvalue weighted by Gasteiger charge is 2.34. The molecule has 6 heterocycles. The zero-order chi connectivity index (χ0) is 40.8. The first-order valence-corrected chi connectivity index (χ1v) is 21.2. The maximum absolute atomic E-state index is 15.2. The molecule has 14 nitrogen and oxygen atoms in total. The number of fused-ring (bicyclic) bond motifs is 1. The van der Waals surface area contributed by atoms with Crippen molar-refractivity contribution < 1.29 is 35.6 Å². The van der Waals surface area contributed by atoms with Gasteiger partial charge in [0.1, 0.15) is 5.82 Å². The quantitative estimate of drug-likeness (QED) is 0.212. The lowest BCUT2D eigenvalue weighted by atomic mass is 9.88. The number of sulfonamides is 1. The topological polar surface area (TPSA) is 149 Å². The first kappa shape index (κ1) is 39.9. The van der Waals surface area contributed by atoms with Crippen LogP contribution in [0.25, 0.3) is 10.9 Å². The number of nitrogens with one attached hydrogen (secondary N) is 2. The molecule has 4 fully saturated rings. The van der Waals surface area contributed by atoms with E-state index < -0.39 is 33.6 Å². The van der Waals surface area contributed by atoms with Crippen molar-refractivity contribution in [3.8, 4) is 0 Å². The largest absolute Gasteiger partial charge is 0.419 e. The number of likely N-dealkylation sites (tertiary alicyclic amines) is 1. The normalized spacial score (nSPS) is 20.2. The molecule has 0 spiro atoms. The number of hydrogen-bond acceptors (Lipinski definition) is 10. The molecule has 58 heavy (non-hydrogen) atoms. The summed E-state index contributed by atoms with van der Waals surface area (Å²) in [7, 11) is -2.05. The standard InChI is InChI=1S/C39H46F4N10O4S/c1-49-33-20-27(2-4-31(33)36(48-49)53-19-12-35(54)47-38(53)55)26-8-13-50(14-9-26)24-25-6-15-51(16-7-25)34-21-30(3-5-32(34)40)58(56,57)52-17-10-29(11-18-52)46-37-44-22-28(23-45-37)39(41,42)43/h2-5,20-23,25-26,29H,6-19,24H2,1H3,(H,44,45,46)(H,47,54,55). The molecular formula is C39H46F4N10O4S. The summed E-state index contributed by atoms with van der Waals surface area (Å²) in [6.07, 6.45) is 1.68. The molecule has 8 rings (SSSR count). The van der Waals surface area contributed by atoms with Crippen LogP contribution < -0.4 is 20.4 Å². The number of urea groups is 1. The maximum atomic E-state index is 15.2. The number of aromatic nitrogens is 4. The molecule has 3 amide bonds. The Labute approximate surface area is 333 Å². The van der Waals surface area contributed by atoms with Gasteiger partial charge in [-0.15, -0.1) is 0 Å². The summed E-state index contributed by atoms with van der Waals surface area (Å²) in [4.78, 5) is 37.6. The highest BCUT2D eigenvalue weighted by Crippen LogP contribution is 2.36. The minimum Gasteiger partial charge on any atom is -0.369 e. The minimum absolute atomic E-state index is 0.0291. The predicted octanol–water partition coefficient (Wildman–Crippen LogP) is 5.33. The molecule has 2 N–H and O–H groups in total. The van der Waals surface area contributed by atoms with Crippen molar-refractivity contribution in [2.24, 2.45) is 13.0 Å². The Morgan fingerprint density at radius 2 is 1.59 bits per heavy atom. The molecule has 4 aliphatic rings. The van der Waals surface area contributed by atoms with Gasteiger partial charge in [0.2, 0.25) is 21.9 Å². The monoisotopic (exact) mass is 826 g/mol. The Bertz CT molecular complexity index is 2270. The lowest BCUT2D eigenvalue weighted by molar-refractivity contribution is -0.138. The lowest BCUT2D eigenvalue weighted by Gasteiger charge is -2.38. The van der Waals surface area contributed by atoms with Crippen molar-refractivity contribution in [2.75, 3.05) is 67.5 Å². The van der Waals surface area contributed by atoms with Crippen LogP contribution in [0.15, 0.2) is 53.7 Å². The summed E-state index contributed by atoms with van der Waals surface area (Å²) in [6.45, 7) is 4.78. The van der Waals surface area contributed by atoms with E-state index in [0.717, 1.165) is 56.2 Å².